The van der Waals surface area contributed by atoms with E-state index in [0.29, 0.717) is 12.3 Å². The Bertz CT molecular complexity index is 181. The minimum absolute atomic E-state index is 0. The molecule has 0 spiro atoms. The number of amides is 1. The molecule has 1 aliphatic heterocycles. The summed E-state index contributed by atoms with van der Waals surface area (Å²) in [4.78, 5) is 13.1. The second-order valence-electron chi connectivity index (χ2n) is 4.69. The molecule has 1 aliphatic rings. The van der Waals surface area contributed by atoms with Crippen LogP contribution in [0.3, 0.4) is 0 Å². The quantitative estimate of drug-likeness (QED) is 0.838. The third-order valence-corrected chi connectivity index (χ3v) is 2.67. The van der Waals surface area contributed by atoms with Crippen molar-refractivity contribution in [1.29, 1.82) is 0 Å². The van der Waals surface area contributed by atoms with Gasteiger partial charge in [-0.3, -0.25) is 4.79 Å². The second-order valence-corrected chi connectivity index (χ2v) is 4.69. The molecule has 0 aliphatic carbocycles. The highest BCUT2D eigenvalue weighted by Crippen LogP contribution is 2.04. The van der Waals surface area contributed by atoms with Crippen molar-refractivity contribution in [3.05, 3.63) is 0 Å². The molecule has 0 bridgehead atoms. The van der Waals surface area contributed by atoms with Crippen molar-refractivity contribution in [3.8, 4) is 0 Å². The molecule has 0 aromatic rings. The van der Waals surface area contributed by atoms with Crippen LogP contribution in [0.25, 0.3) is 0 Å². The highest BCUT2D eigenvalue weighted by atomic mass is 16.1. The van der Waals surface area contributed by atoms with Crippen LogP contribution < -0.4 is 5.32 Å². The van der Waals surface area contributed by atoms with E-state index in [1.807, 2.05) is 20.8 Å². The Labute approximate surface area is 116 Å². The van der Waals surface area contributed by atoms with Crippen LogP contribution in [0.15, 0.2) is 0 Å². The largest absolute Gasteiger partial charge is 0.356 e. The molecule has 0 unspecified atom stereocenters. The number of nitrogens with one attached hydrogen (secondary N) is 1. The zero-order valence-electron chi connectivity index (χ0n) is 13.4. The third-order valence-electron chi connectivity index (χ3n) is 2.67. The van der Waals surface area contributed by atoms with Gasteiger partial charge in [-0.1, -0.05) is 41.5 Å². The van der Waals surface area contributed by atoms with Crippen molar-refractivity contribution in [2.45, 2.75) is 60.8 Å². The van der Waals surface area contributed by atoms with Crippen LogP contribution >= 0.6 is 0 Å². The summed E-state index contributed by atoms with van der Waals surface area (Å²) >= 11 is 0. The number of nitrogens with zero attached hydrogens (tertiary/aromatic N) is 1. The van der Waals surface area contributed by atoms with Gasteiger partial charge in [-0.25, -0.2) is 0 Å². The van der Waals surface area contributed by atoms with Crippen molar-refractivity contribution < 1.29 is 6.22 Å². The summed E-state index contributed by atoms with van der Waals surface area (Å²) in [5.41, 5.74) is 0. The molecule has 0 radical (unpaired) electrons. The standard InChI is InChI=1S/C7H15NO.C6H13N.C2H6.H2/c1-4-7(9)8-5-6(2)3;1-2-7-5-3-4-6-7;1-2;/h6H,4-5H2,1-3H3,(H,8,9);2-6H2,1H3;1-2H3;1H. The van der Waals surface area contributed by atoms with Crippen LogP contribution in [0.5, 0.6) is 0 Å². The first-order valence-electron chi connectivity index (χ1n) is 7.59. The molecule has 3 nitrogen and oxygen atoms in total. The minimum Gasteiger partial charge on any atom is -0.356 e. The fourth-order valence-electron chi connectivity index (χ4n) is 1.54. The van der Waals surface area contributed by atoms with Gasteiger partial charge in [0.15, 0.2) is 0 Å². The predicted molar refractivity (Wildman–Crippen MR) is 82.9 cm³/mol. The van der Waals surface area contributed by atoms with Crippen LogP contribution in [-0.4, -0.2) is 37.0 Å². The minimum atomic E-state index is 0. The van der Waals surface area contributed by atoms with Gasteiger partial charge >= 0.3 is 0 Å². The van der Waals surface area contributed by atoms with Crippen molar-refractivity contribution in [2.24, 2.45) is 5.92 Å². The van der Waals surface area contributed by atoms with E-state index in [0.717, 1.165) is 6.54 Å². The molecular weight excluding hydrogens is 224 g/mol. The predicted octanol–water partition coefficient (Wildman–Crippen LogP) is 3.54. The molecule has 1 heterocycles. The van der Waals surface area contributed by atoms with E-state index in [9.17, 15) is 4.79 Å². The van der Waals surface area contributed by atoms with E-state index in [-0.39, 0.29) is 7.33 Å². The summed E-state index contributed by atoms with van der Waals surface area (Å²) in [7, 11) is 0. The number of carbonyl (C=O) groups excluding carboxylic acids is 1. The number of likely N-dealkylation sites (tertiary alicyclic amines) is 1. The zero-order chi connectivity index (χ0) is 14.4. The summed E-state index contributed by atoms with van der Waals surface area (Å²) < 4.78 is 0. The normalized spacial score (nSPS) is 14.4. The molecule has 0 aromatic carbocycles. The summed E-state index contributed by atoms with van der Waals surface area (Å²) in [6.45, 7) is 17.0. The Morgan fingerprint density at radius 3 is 2.00 bits per heavy atom. The van der Waals surface area contributed by atoms with E-state index < -0.39 is 0 Å². The monoisotopic (exact) mass is 260 g/mol. The number of rotatable bonds is 4. The molecule has 1 N–H and O–H groups in total. The average Bonchev–Trinajstić information content (AvgIpc) is 2.92. The van der Waals surface area contributed by atoms with Gasteiger partial charge < -0.3 is 10.2 Å². The molecule has 1 rings (SSSR count). The Balaban J connectivity index is -0.000000231. The maximum absolute atomic E-state index is 10.6. The smallest absolute Gasteiger partial charge is 0.219 e. The lowest BCUT2D eigenvalue weighted by molar-refractivity contribution is -0.120. The van der Waals surface area contributed by atoms with E-state index in [4.69, 9.17) is 0 Å². The fraction of sp³-hybridized carbons (Fsp3) is 0.933. The van der Waals surface area contributed by atoms with Gasteiger partial charge in [0.05, 0.1) is 0 Å². The van der Waals surface area contributed by atoms with Crippen molar-refractivity contribution >= 4 is 5.91 Å². The van der Waals surface area contributed by atoms with Gasteiger partial charge in [-0.15, -0.1) is 0 Å². The van der Waals surface area contributed by atoms with Crippen LogP contribution in [0.4, 0.5) is 0 Å². The molecule has 1 fully saturated rings. The van der Waals surface area contributed by atoms with Crippen molar-refractivity contribution in [1.82, 2.24) is 10.2 Å². The van der Waals surface area contributed by atoms with Crippen molar-refractivity contribution in [2.75, 3.05) is 26.2 Å². The lowest BCUT2D eigenvalue weighted by Crippen LogP contribution is -2.26. The summed E-state index contributed by atoms with van der Waals surface area (Å²) in [5, 5.41) is 2.79. The van der Waals surface area contributed by atoms with Gasteiger partial charge in [0.25, 0.3) is 0 Å². The Hall–Kier alpha value is -0.570. The van der Waals surface area contributed by atoms with E-state index in [1.54, 1.807) is 0 Å². The third kappa shape index (κ3) is 13.5. The maximum Gasteiger partial charge on any atom is 0.219 e. The van der Waals surface area contributed by atoms with Gasteiger partial charge in [-0.2, -0.15) is 0 Å². The molecule has 18 heavy (non-hydrogen) atoms. The van der Waals surface area contributed by atoms with Crippen molar-refractivity contribution in [3.63, 3.8) is 0 Å². The van der Waals surface area contributed by atoms with E-state index in [2.05, 4.69) is 31.0 Å². The van der Waals surface area contributed by atoms with E-state index in [1.165, 1.54) is 32.5 Å². The zero-order valence-corrected chi connectivity index (χ0v) is 13.4. The summed E-state index contributed by atoms with van der Waals surface area (Å²) in [6.07, 6.45) is 3.44. The SMILES string of the molecule is CC.CCC(=O)NCC(C)C.CCN1CCCC1.[HH]. The van der Waals surface area contributed by atoms with Crippen LogP contribution in [0, 0.1) is 5.92 Å². The number of hydrogen-bond donors (Lipinski definition) is 1. The number of carbonyl (C=O) groups is 1. The topological polar surface area (TPSA) is 32.3 Å². The Morgan fingerprint density at radius 1 is 1.22 bits per heavy atom. The molecular formula is C15H36N2O. The molecule has 0 aromatic heterocycles. The molecule has 0 saturated carbocycles. The fourth-order valence-corrected chi connectivity index (χ4v) is 1.54. The van der Waals surface area contributed by atoms with Crippen LogP contribution in [-0.2, 0) is 4.79 Å². The summed E-state index contributed by atoms with van der Waals surface area (Å²) in [5.74, 6) is 0.698. The van der Waals surface area contributed by atoms with Gasteiger partial charge in [0.1, 0.15) is 0 Å². The lowest BCUT2D eigenvalue weighted by Gasteiger charge is -2.08. The van der Waals surface area contributed by atoms with Crippen LogP contribution in [0.2, 0.25) is 0 Å². The Morgan fingerprint density at radius 2 is 1.72 bits per heavy atom. The van der Waals surface area contributed by atoms with Gasteiger partial charge in [-0.05, 0) is 38.4 Å². The highest BCUT2D eigenvalue weighted by molar-refractivity contribution is 5.75. The highest BCUT2D eigenvalue weighted by Gasteiger charge is 2.06. The molecule has 1 saturated heterocycles. The second kappa shape index (κ2) is 14.5. The van der Waals surface area contributed by atoms with E-state index >= 15 is 0 Å². The molecule has 1 amide bonds. The maximum atomic E-state index is 10.6. The van der Waals surface area contributed by atoms with Gasteiger partial charge in [0.2, 0.25) is 5.91 Å². The lowest BCUT2D eigenvalue weighted by atomic mass is 10.2. The molecule has 112 valence electrons. The first-order valence-corrected chi connectivity index (χ1v) is 7.59. The molecule has 3 heteroatoms. The van der Waals surface area contributed by atoms with Crippen LogP contribution in [0.1, 0.15) is 62.2 Å². The Kier molecular flexibility index (Phi) is 15.9. The first-order chi connectivity index (χ1) is 8.60. The van der Waals surface area contributed by atoms with Gasteiger partial charge in [0, 0.05) is 14.4 Å². The average molecular weight is 260 g/mol. The first kappa shape index (κ1) is 19.8. The number of hydrogen-bond acceptors (Lipinski definition) is 2. The summed E-state index contributed by atoms with van der Waals surface area (Å²) in [6, 6.07) is 0. The molecule has 0 atom stereocenters.